The first-order valence-corrected chi connectivity index (χ1v) is 5.51. The smallest absolute Gasteiger partial charge is 0.300 e. The van der Waals surface area contributed by atoms with Crippen molar-refractivity contribution in [2.24, 2.45) is 0 Å². The lowest BCUT2D eigenvalue weighted by atomic mass is 10.2. The third kappa shape index (κ3) is 7.83. The average molecular weight is 191 g/mol. The molecule has 0 amide bonds. The molecule has 4 heteroatoms. The standard InChI is InChI=1S/C8H16O3P/c1-8(9)6-4-3-5-7-12(10)11-2/h3-7H2,1-2H3/q+1. The molecule has 0 fully saturated rings. The summed E-state index contributed by atoms with van der Waals surface area (Å²) < 4.78 is 15.4. The Morgan fingerprint density at radius 2 is 2.00 bits per heavy atom. The third-order valence-corrected chi connectivity index (χ3v) is 2.66. The van der Waals surface area contributed by atoms with Gasteiger partial charge in [-0.05, 0) is 30.8 Å². The van der Waals surface area contributed by atoms with Crippen LogP contribution in [0.4, 0.5) is 0 Å². The Kier molecular flexibility index (Phi) is 7.22. The highest BCUT2D eigenvalue weighted by molar-refractivity contribution is 7.39. The molecular weight excluding hydrogens is 175 g/mol. The molecule has 1 unspecified atom stereocenters. The molecule has 0 rings (SSSR count). The van der Waals surface area contributed by atoms with Gasteiger partial charge in [0.05, 0.1) is 7.11 Å². The van der Waals surface area contributed by atoms with Crippen molar-refractivity contribution in [3.8, 4) is 0 Å². The predicted octanol–water partition coefficient (Wildman–Crippen LogP) is 2.52. The maximum absolute atomic E-state index is 10.8. The van der Waals surface area contributed by atoms with Crippen LogP contribution in [0.15, 0.2) is 0 Å². The summed E-state index contributed by atoms with van der Waals surface area (Å²) in [5.41, 5.74) is 0. The van der Waals surface area contributed by atoms with Crippen molar-refractivity contribution in [3.63, 3.8) is 0 Å². The molecule has 0 aliphatic carbocycles. The minimum atomic E-state index is -1.45. The number of rotatable bonds is 7. The van der Waals surface area contributed by atoms with Crippen molar-refractivity contribution in [2.45, 2.75) is 32.6 Å². The Morgan fingerprint density at radius 3 is 2.50 bits per heavy atom. The predicted molar refractivity (Wildman–Crippen MR) is 48.6 cm³/mol. The second kappa shape index (κ2) is 7.38. The molecule has 0 spiro atoms. The Hall–Kier alpha value is -0.270. The second-order valence-electron chi connectivity index (χ2n) is 2.75. The molecule has 1 atom stereocenters. The molecule has 0 aromatic rings. The van der Waals surface area contributed by atoms with Crippen LogP contribution in [-0.2, 0) is 13.9 Å². The fraction of sp³-hybridized carbons (Fsp3) is 0.875. The first-order chi connectivity index (χ1) is 5.66. The largest absolute Gasteiger partial charge is 0.507 e. The van der Waals surface area contributed by atoms with Gasteiger partial charge >= 0.3 is 8.03 Å². The molecule has 0 aliphatic heterocycles. The molecule has 0 saturated carbocycles. The third-order valence-electron chi connectivity index (χ3n) is 1.57. The van der Waals surface area contributed by atoms with Crippen LogP contribution >= 0.6 is 8.03 Å². The van der Waals surface area contributed by atoms with E-state index in [2.05, 4.69) is 4.52 Å². The summed E-state index contributed by atoms with van der Waals surface area (Å²) in [6.45, 7) is 1.59. The molecule has 0 bridgehead atoms. The minimum absolute atomic E-state index is 0.228. The van der Waals surface area contributed by atoms with E-state index in [-0.39, 0.29) is 5.78 Å². The summed E-state index contributed by atoms with van der Waals surface area (Å²) in [7, 11) is 0.00743. The monoisotopic (exact) mass is 191 g/mol. The van der Waals surface area contributed by atoms with Gasteiger partial charge in [0.2, 0.25) is 0 Å². The highest BCUT2D eigenvalue weighted by atomic mass is 31.1. The Labute approximate surface area is 74.4 Å². The van der Waals surface area contributed by atoms with E-state index in [0.717, 1.165) is 19.3 Å². The minimum Gasteiger partial charge on any atom is -0.300 e. The fourth-order valence-corrected chi connectivity index (χ4v) is 1.55. The summed E-state index contributed by atoms with van der Waals surface area (Å²) in [6, 6.07) is 0. The summed E-state index contributed by atoms with van der Waals surface area (Å²) in [5.74, 6) is 0.228. The molecular formula is C8H16O3P+. The van der Waals surface area contributed by atoms with Crippen LogP contribution in [-0.4, -0.2) is 19.1 Å². The maximum Gasteiger partial charge on any atom is 0.507 e. The van der Waals surface area contributed by atoms with E-state index in [1.165, 1.54) is 7.11 Å². The first-order valence-electron chi connectivity index (χ1n) is 4.15. The summed E-state index contributed by atoms with van der Waals surface area (Å²) in [5, 5.41) is 0. The number of carbonyl (C=O) groups excluding carboxylic acids is 1. The zero-order valence-corrected chi connectivity index (χ0v) is 8.60. The molecule has 3 nitrogen and oxygen atoms in total. The highest BCUT2D eigenvalue weighted by Gasteiger charge is 2.12. The van der Waals surface area contributed by atoms with E-state index >= 15 is 0 Å². The molecule has 0 aromatic heterocycles. The summed E-state index contributed by atoms with van der Waals surface area (Å²) in [6.07, 6.45) is 4.01. The maximum atomic E-state index is 10.8. The van der Waals surface area contributed by atoms with Gasteiger partial charge in [0.15, 0.2) is 6.16 Å². The van der Waals surface area contributed by atoms with E-state index in [1.54, 1.807) is 6.92 Å². The van der Waals surface area contributed by atoms with E-state index in [4.69, 9.17) is 0 Å². The van der Waals surface area contributed by atoms with Crippen LogP contribution in [0.5, 0.6) is 0 Å². The van der Waals surface area contributed by atoms with Crippen LogP contribution in [0, 0.1) is 0 Å². The highest BCUT2D eigenvalue weighted by Crippen LogP contribution is 2.22. The van der Waals surface area contributed by atoms with Crippen molar-refractivity contribution in [1.29, 1.82) is 0 Å². The molecule has 0 saturated heterocycles. The lowest BCUT2D eigenvalue weighted by molar-refractivity contribution is -0.117. The zero-order chi connectivity index (χ0) is 9.40. The Balaban J connectivity index is 3.11. The Morgan fingerprint density at radius 1 is 1.33 bits per heavy atom. The Bertz CT molecular complexity index is 156. The van der Waals surface area contributed by atoms with Gasteiger partial charge in [-0.1, -0.05) is 0 Å². The number of hydrogen-bond donors (Lipinski definition) is 0. The number of unbranched alkanes of at least 4 members (excludes halogenated alkanes) is 2. The van der Waals surface area contributed by atoms with Crippen molar-refractivity contribution in [2.75, 3.05) is 13.3 Å². The lowest BCUT2D eigenvalue weighted by Crippen LogP contribution is -1.90. The van der Waals surface area contributed by atoms with Gasteiger partial charge in [0.1, 0.15) is 5.78 Å². The number of hydrogen-bond acceptors (Lipinski definition) is 3. The van der Waals surface area contributed by atoms with Crippen molar-refractivity contribution < 1.29 is 13.9 Å². The molecule has 12 heavy (non-hydrogen) atoms. The van der Waals surface area contributed by atoms with Crippen LogP contribution in [0.25, 0.3) is 0 Å². The van der Waals surface area contributed by atoms with Crippen molar-refractivity contribution in [1.82, 2.24) is 0 Å². The molecule has 0 heterocycles. The van der Waals surface area contributed by atoms with Gasteiger partial charge < -0.3 is 4.79 Å². The van der Waals surface area contributed by atoms with Crippen LogP contribution in [0.3, 0.4) is 0 Å². The normalized spacial score (nSPS) is 11.3. The fourth-order valence-electron chi connectivity index (χ4n) is 0.883. The summed E-state index contributed by atoms with van der Waals surface area (Å²) in [4.78, 5) is 10.5. The van der Waals surface area contributed by atoms with Gasteiger partial charge in [-0.3, -0.25) is 0 Å². The number of ketones is 1. The first kappa shape index (κ1) is 11.7. The van der Waals surface area contributed by atoms with Gasteiger partial charge in [-0.15, -0.1) is 4.52 Å². The SMILES string of the molecule is CO[P+](=O)CCCCCC(C)=O. The van der Waals surface area contributed by atoms with Crippen LogP contribution < -0.4 is 0 Å². The van der Waals surface area contributed by atoms with E-state index in [0.29, 0.717) is 12.6 Å². The quantitative estimate of drug-likeness (QED) is 0.458. The molecule has 0 aliphatic rings. The van der Waals surface area contributed by atoms with Gasteiger partial charge in [-0.25, -0.2) is 0 Å². The molecule has 0 radical (unpaired) electrons. The average Bonchev–Trinajstić information content (AvgIpc) is 2.03. The summed E-state index contributed by atoms with van der Waals surface area (Å²) >= 11 is 0. The van der Waals surface area contributed by atoms with Gasteiger partial charge in [0.25, 0.3) is 0 Å². The van der Waals surface area contributed by atoms with Crippen molar-refractivity contribution >= 4 is 13.8 Å². The van der Waals surface area contributed by atoms with Gasteiger partial charge in [-0.2, -0.15) is 0 Å². The second-order valence-corrected chi connectivity index (χ2v) is 4.23. The molecule has 0 N–H and O–H groups in total. The topological polar surface area (TPSA) is 43.4 Å². The van der Waals surface area contributed by atoms with Gasteiger partial charge in [0, 0.05) is 6.42 Å². The zero-order valence-electron chi connectivity index (χ0n) is 7.71. The number of Topliss-reactive ketones (excluding diaryl/α,β-unsaturated/α-hetero) is 1. The van der Waals surface area contributed by atoms with Crippen molar-refractivity contribution in [3.05, 3.63) is 0 Å². The van der Waals surface area contributed by atoms with E-state index in [9.17, 15) is 9.36 Å². The van der Waals surface area contributed by atoms with Crippen LogP contribution in [0.1, 0.15) is 32.6 Å². The number of carbonyl (C=O) groups is 1. The molecule has 0 aromatic carbocycles. The lowest BCUT2D eigenvalue weighted by Gasteiger charge is -1.92. The van der Waals surface area contributed by atoms with Crippen LogP contribution in [0.2, 0.25) is 0 Å². The van der Waals surface area contributed by atoms with E-state index < -0.39 is 8.03 Å². The van der Waals surface area contributed by atoms with E-state index in [1.807, 2.05) is 0 Å². The molecule has 70 valence electrons.